The van der Waals surface area contributed by atoms with Gasteiger partial charge in [-0.2, -0.15) is 0 Å². The fraction of sp³-hybridized carbons (Fsp3) is 0.222. The van der Waals surface area contributed by atoms with Crippen molar-refractivity contribution in [3.05, 3.63) is 47.5 Å². The van der Waals surface area contributed by atoms with E-state index in [2.05, 4.69) is 22.2 Å². The Balaban J connectivity index is 1.62. The third-order valence-corrected chi connectivity index (χ3v) is 4.69. The van der Waals surface area contributed by atoms with Gasteiger partial charge in [-0.15, -0.1) is 0 Å². The number of nitrogens with zero attached hydrogens (tertiary/aromatic N) is 1. The number of carbonyl (C=O) groups is 3. The van der Waals surface area contributed by atoms with Gasteiger partial charge in [0.2, 0.25) is 5.91 Å². The van der Waals surface area contributed by atoms with Crippen molar-refractivity contribution in [2.45, 2.75) is 19.4 Å². The Morgan fingerprint density at radius 3 is 3.00 bits per heavy atom. The molecule has 140 valence electrons. The van der Waals surface area contributed by atoms with Crippen LogP contribution in [0.1, 0.15) is 21.8 Å². The highest BCUT2D eigenvalue weighted by Crippen LogP contribution is 2.30. The molecule has 3 rings (SSSR count). The van der Waals surface area contributed by atoms with E-state index in [4.69, 9.17) is 9.47 Å². The molecule has 9 heteroatoms. The summed E-state index contributed by atoms with van der Waals surface area (Å²) in [7, 11) is 0. The second-order valence-corrected chi connectivity index (χ2v) is 6.66. The number of amides is 2. The van der Waals surface area contributed by atoms with E-state index in [1.807, 2.05) is 0 Å². The van der Waals surface area contributed by atoms with Gasteiger partial charge in [0.15, 0.2) is 11.2 Å². The Hall–Kier alpha value is -3.20. The van der Waals surface area contributed by atoms with Crippen LogP contribution < -0.4 is 15.4 Å². The lowest BCUT2D eigenvalue weighted by Gasteiger charge is -2.25. The van der Waals surface area contributed by atoms with E-state index >= 15 is 0 Å². The summed E-state index contributed by atoms with van der Waals surface area (Å²) >= 11 is 1.00. The highest BCUT2D eigenvalue weighted by atomic mass is 32.1. The van der Waals surface area contributed by atoms with Gasteiger partial charge in [0.25, 0.3) is 5.91 Å². The highest BCUT2D eigenvalue weighted by Gasteiger charge is 2.30. The molecule has 0 saturated carbocycles. The SMILES string of the molecule is C=CCOC(=O)c1sc(NC(=O)CC2Oc3ccccc3NC2=O)nc1C. The van der Waals surface area contributed by atoms with Crippen LogP contribution in [-0.4, -0.2) is 35.5 Å². The van der Waals surface area contributed by atoms with Crippen molar-refractivity contribution in [2.75, 3.05) is 17.2 Å². The lowest BCUT2D eigenvalue weighted by Crippen LogP contribution is -2.39. The molecule has 1 aliphatic heterocycles. The first kappa shape index (κ1) is 18.6. The molecule has 1 aromatic carbocycles. The number of benzene rings is 1. The number of hydrogen-bond donors (Lipinski definition) is 2. The number of para-hydroxylation sites is 2. The zero-order valence-electron chi connectivity index (χ0n) is 14.5. The number of anilines is 2. The summed E-state index contributed by atoms with van der Waals surface area (Å²) < 4.78 is 10.6. The van der Waals surface area contributed by atoms with Gasteiger partial charge in [-0.1, -0.05) is 36.1 Å². The van der Waals surface area contributed by atoms with Crippen LogP contribution in [0, 0.1) is 6.92 Å². The fourth-order valence-electron chi connectivity index (χ4n) is 2.41. The van der Waals surface area contributed by atoms with Crippen molar-refractivity contribution in [1.82, 2.24) is 4.98 Å². The zero-order chi connectivity index (χ0) is 19.4. The number of aryl methyl sites for hydroxylation is 1. The smallest absolute Gasteiger partial charge is 0.350 e. The van der Waals surface area contributed by atoms with E-state index in [1.165, 1.54) is 6.08 Å². The van der Waals surface area contributed by atoms with Gasteiger partial charge in [0, 0.05) is 0 Å². The summed E-state index contributed by atoms with van der Waals surface area (Å²) in [6, 6.07) is 6.98. The van der Waals surface area contributed by atoms with E-state index in [-0.39, 0.29) is 18.2 Å². The topological polar surface area (TPSA) is 107 Å². The van der Waals surface area contributed by atoms with Crippen molar-refractivity contribution < 1.29 is 23.9 Å². The van der Waals surface area contributed by atoms with Crippen molar-refractivity contribution in [1.29, 1.82) is 0 Å². The van der Waals surface area contributed by atoms with E-state index in [9.17, 15) is 14.4 Å². The quantitative estimate of drug-likeness (QED) is 0.583. The minimum absolute atomic E-state index is 0.0907. The first-order valence-electron chi connectivity index (χ1n) is 8.09. The van der Waals surface area contributed by atoms with E-state index < -0.39 is 23.9 Å². The monoisotopic (exact) mass is 387 g/mol. The minimum atomic E-state index is -0.946. The fourth-order valence-corrected chi connectivity index (χ4v) is 3.28. The third kappa shape index (κ3) is 4.32. The first-order valence-corrected chi connectivity index (χ1v) is 8.91. The molecule has 1 aromatic heterocycles. The van der Waals surface area contributed by atoms with Crippen molar-refractivity contribution >= 4 is 39.9 Å². The number of rotatable bonds is 6. The van der Waals surface area contributed by atoms with Crippen molar-refractivity contribution in [3.8, 4) is 5.75 Å². The first-order chi connectivity index (χ1) is 13.0. The average Bonchev–Trinajstić information content (AvgIpc) is 3.00. The van der Waals surface area contributed by atoms with Gasteiger partial charge in [-0.05, 0) is 19.1 Å². The maximum atomic E-state index is 12.3. The average molecular weight is 387 g/mol. The number of ether oxygens (including phenoxy) is 2. The van der Waals surface area contributed by atoms with Crippen LogP contribution in [0.5, 0.6) is 5.75 Å². The van der Waals surface area contributed by atoms with Gasteiger partial charge in [0.05, 0.1) is 17.8 Å². The molecule has 0 radical (unpaired) electrons. The number of thiazole rings is 1. The molecule has 8 nitrogen and oxygen atoms in total. The molecule has 27 heavy (non-hydrogen) atoms. The van der Waals surface area contributed by atoms with Crippen molar-refractivity contribution in [2.24, 2.45) is 0 Å². The summed E-state index contributed by atoms with van der Waals surface area (Å²) in [4.78, 5) is 40.7. The number of nitrogens with one attached hydrogen (secondary N) is 2. The Kier molecular flexibility index (Phi) is 5.51. The molecular weight excluding hydrogens is 370 g/mol. The molecule has 2 aromatic rings. The summed E-state index contributed by atoms with van der Waals surface area (Å²) in [6.07, 6.45) is 0.331. The van der Waals surface area contributed by atoms with Crippen molar-refractivity contribution in [3.63, 3.8) is 0 Å². The third-order valence-electron chi connectivity index (χ3n) is 3.64. The maximum absolute atomic E-state index is 12.3. The molecule has 0 saturated heterocycles. The molecule has 0 bridgehead atoms. The Labute approximate surface area is 159 Å². The minimum Gasteiger partial charge on any atom is -0.478 e. The molecule has 0 aliphatic carbocycles. The second-order valence-electron chi connectivity index (χ2n) is 5.66. The predicted molar refractivity (Wildman–Crippen MR) is 100 cm³/mol. The Morgan fingerprint density at radius 1 is 1.44 bits per heavy atom. The van der Waals surface area contributed by atoms with E-state index in [0.29, 0.717) is 22.0 Å². The lowest BCUT2D eigenvalue weighted by atomic mass is 10.1. The van der Waals surface area contributed by atoms with Gasteiger partial charge < -0.3 is 20.1 Å². The molecular formula is C18H17N3O5S. The molecule has 0 fully saturated rings. The normalized spacial score (nSPS) is 15.1. The standard InChI is InChI=1S/C18H17N3O5S/c1-3-8-25-17(24)15-10(2)19-18(27-15)21-14(22)9-13-16(23)20-11-6-4-5-7-12(11)26-13/h3-7,13H,1,8-9H2,2H3,(H,20,23)(H,19,21,22). The lowest BCUT2D eigenvalue weighted by molar-refractivity contribution is -0.128. The largest absolute Gasteiger partial charge is 0.478 e. The van der Waals surface area contributed by atoms with Crippen LogP contribution in [0.25, 0.3) is 0 Å². The van der Waals surface area contributed by atoms with Gasteiger partial charge in [-0.25, -0.2) is 9.78 Å². The molecule has 1 atom stereocenters. The Morgan fingerprint density at radius 2 is 2.22 bits per heavy atom. The summed E-state index contributed by atoms with van der Waals surface area (Å²) in [5.41, 5.74) is 1.02. The summed E-state index contributed by atoms with van der Waals surface area (Å²) in [6.45, 7) is 5.21. The molecule has 2 amide bonds. The zero-order valence-corrected chi connectivity index (χ0v) is 15.3. The number of hydrogen-bond acceptors (Lipinski definition) is 7. The van der Waals surface area contributed by atoms with E-state index in [1.54, 1.807) is 31.2 Å². The van der Waals surface area contributed by atoms with E-state index in [0.717, 1.165) is 11.3 Å². The highest BCUT2D eigenvalue weighted by molar-refractivity contribution is 7.17. The van der Waals surface area contributed by atoms with Gasteiger partial charge in [0.1, 0.15) is 17.2 Å². The molecule has 2 N–H and O–H groups in total. The number of aromatic nitrogens is 1. The maximum Gasteiger partial charge on any atom is 0.350 e. The van der Waals surface area contributed by atoms with Crippen LogP contribution >= 0.6 is 11.3 Å². The van der Waals surface area contributed by atoms with Gasteiger partial charge in [-0.3, -0.25) is 9.59 Å². The molecule has 1 aliphatic rings. The molecule has 2 heterocycles. The Bertz CT molecular complexity index is 908. The number of fused-ring (bicyclic) bond motifs is 1. The predicted octanol–water partition coefficient (Wildman–Crippen LogP) is 2.52. The second kappa shape index (κ2) is 8.00. The number of esters is 1. The van der Waals surface area contributed by atoms with Crippen LogP contribution in [0.2, 0.25) is 0 Å². The number of carbonyl (C=O) groups excluding carboxylic acids is 3. The summed E-state index contributed by atoms with van der Waals surface area (Å²) in [5, 5.41) is 5.54. The van der Waals surface area contributed by atoms with Crippen LogP contribution in [0.15, 0.2) is 36.9 Å². The summed E-state index contributed by atoms with van der Waals surface area (Å²) in [5.74, 6) is -0.869. The van der Waals surface area contributed by atoms with Gasteiger partial charge >= 0.3 is 5.97 Å². The van der Waals surface area contributed by atoms with Crippen LogP contribution in [0.4, 0.5) is 10.8 Å². The van der Waals surface area contributed by atoms with Crippen LogP contribution in [0.3, 0.4) is 0 Å². The molecule has 1 unspecified atom stereocenters. The molecule has 0 spiro atoms. The van der Waals surface area contributed by atoms with Crippen LogP contribution in [-0.2, 0) is 14.3 Å².